The molecule has 4 aliphatic carbocycles. The molecule has 4 nitrogen and oxygen atoms in total. The minimum absolute atomic E-state index is 0.134. The van der Waals surface area contributed by atoms with Crippen LogP contribution in [0, 0.1) is 39.9 Å². The van der Waals surface area contributed by atoms with E-state index in [4.69, 9.17) is 4.74 Å². The van der Waals surface area contributed by atoms with E-state index in [1.54, 1.807) is 0 Å². The van der Waals surface area contributed by atoms with Crippen LogP contribution >= 0.6 is 0 Å². The molecule has 4 rings (SSSR count). The van der Waals surface area contributed by atoms with E-state index in [1.165, 1.54) is 0 Å². The first-order valence-corrected chi connectivity index (χ1v) is 12.4. The highest BCUT2D eigenvalue weighted by atomic mass is 16.5. The van der Waals surface area contributed by atoms with Gasteiger partial charge < -0.3 is 14.9 Å². The number of rotatable bonds is 2. The van der Waals surface area contributed by atoms with Crippen LogP contribution in [0.5, 0.6) is 0 Å². The Labute approximate surface area is 183 Å². The third kappa shape index (κ3) is 3.18. The predicted octanol–water partition coefficient (Wildman–Crippen LogP) is 5.10. The normalized spacial score (nSPS) is 49.5. The van der Waals surface area contributed by atoms with E-state index >= 15 is 0 Å². The van der Waals surface area contributed by atoms with Crippen LogP contribution in [-0.4, -0.2) is 34.0 Å². The van der Waals surface area contributed by atoms with Crippen LogP contribution in [0.3, 0.4) is 0 Å². The number of fused-ring (bicyclic) bond motifs is 5. The first-order valence-electron chi connectivity index (χ1n) is 12.4. The van der Waals surface area contributed by atoms with Gasteiger partial charge in [0.15, 0.2) is 0 Å². The lowest BCUT2D eigenvalue weighted by atomic mass is 9.43. The Bertz CT molecular complexity index is 683. The van der Waals surface area contributed by atoms with Crippen molar-refractivity contribution in [2.45, 2.75) is 117 Å². The van der Waals surface area contributed by atoms with Gasteiger partial charge in [-0.2, -0.15) is 0 Å². The van der Waals surface area contributed by atoms with Crippen LogP contribution in [0.4, 0.5) is 0 Å². The third-order valence-electron chi connectivity index (χ3n) is 10.4. The summed E-state index contributed by atoms with van der Waals surface area (Å²) in [6, 6.07) is 0. The highest BCUT2D eigenvalue weighted by Gasteiger charge is 2.68. The summed E-state index contributed by atoms with van der Waals surface area (Å²) < 4.78 is 5.93. The quantitative estimate of drug-likeness (QED) is 0.610. The number of esters is 1. The number of carbonyl (C=O) groups is 1. The summed E-state index contributed by atoms with van der Waals surface area (Å²) in [6.07, 6.45) is 8.79. The van der Waals surface area contributed by atoms with Gasteiger partial charge >= 0.3 is 5.97 Å². The number of aliphatic hydroxyl groups is 2. The molecule has 4 saturated carbocycles. The van der Waals surface area contributed by atoms with Crippen LogP contribution in [0.15, 0.2) is 0 Å². The van der Waals surface area contributed by atoms with E-state index in [0.717, 1.165) is 57.8 Å². The Morgan fingerprint density at radius 1 is 1.00 bits per heavy atom. The maximum atomic E-state index is 12.5. The van der Waals surface area contributed by atoms with Crippen molar-refractivity contribution in [1.82, 2.24) is 0 Å². The van der Waals surface area contributed by atoms with Crippen molar-refractivity contribution in [3.05, 3.63) is 0 Å². The van der Waals surface area contributed by atoms with Crippen LogP contribution in [0.25, 0.3) is 0 Å². The van der Waals surface area contributed by atoms with Gasteiger partial charge in [0, 0.05) is 11.3 Å². The lowest BCUT2D eigenvalue weighted by Gasteiger charge is -2.63. The first kappa shape index (κ1) is 22.6. The SMILES string of the molecule is C[C@H](OC(=O)C(C)(C)C)[C@H]1CC[C@@]2(O)[C@@H]3CC[C@H]4C[C@@H](O)CC[C@]4(C)[C@H]3CC[C@]12C. The van der Waals surface area contributed by atoms with Crippen LogP contribution in [-0.2, 0) is 9.53 Å². The summed E-state index contributed by atoms with van der Waals surface area (Å²) in [5, 5.41) is 22.5. The van der Waals surface area contributed by atoms with Gasteiger partial charge in [-0.25, -0.2) is 0 Å². The van der Waals surface area contributed by atoms with Crippen LogP contribution in [0.2, 0.25) is 0 Å². The van der Waals surface area contributed by atoms with Gasteiger partial charge in [-0.05, 0) is 109 Å². The van der Waals surface area contributed by atoms with Crippen molar-refractivity contribution in [2.75, 3.05) is 0 Å². The van der Waals surface area contributed by atoms with E-state index < -0.39 is 11.0 Å². The summed E-state index contributed by atoms with van der Waals surface area (Å²) in [7, 11) is 0. The second-order valence-electron chi connectivity index (χ2n) is 12.8. The minimum atomic E-state index is -0.660. The molecule has 0 bridgehead atoms. The standard InChI is InChI=1S/C26H44O4/c1-16(30-22(28)23(2,3)4)19-11-14-26(29)21-8-7-17-15-18(27)9-12-24(17,5)20(21)10-13-25(19,26)6/h16-21,27,29H,7-15H2,1-6H3/t16-,17-,18-,19+,20-,21+,24-,25+,26+/m0/s1. The number of ether oxygens (including phenoxy) is 1. The fourth-order valence-corrected chi connectivity index (χ4v) is 8.42. The Hall–Kier alpha value is -0.610. The Kier molecular flexibility index (Phi) is 5.42. The summed E-state index contributed by atoms with van der Waals surface area (Å²) >= 11 is 0. The van der Waals surface area contributed by atoms with Gasteiger partial charge in [-0.15, -0.1) is 0 Å². The van der Waals surface area contributed by atoms with Crippen molar-refractivity contribution in [3.63, 3.8) is 0 Å². The molecule has 30 heavy (non-hydrogen) atoms. The van der Waals surface area contributed by atoms with E-state index in [-0.39, 0.29) is 34.9 Å². The zero-order valence-corrected chi connectivity index (χ0v) is 20.0. The zero-order valence-electron chi connectivity index (χ0n) is 20.0. The Morgan fingerprint density at radius 3 is 2.37 bits per heavy atom. The average molecular weight is 421 g/mol. The number of carbonyl (C=O) groups excluding carboxylic acids is 1. The molecule has 0 radical (unpaired) electrons. The fraction of sp³-hybridized carbons (Fsp3) is 0.962. The molecule has 0 amide bonds. The molecule has 0 saturated heterocycles. The fourth-order valence-electron chi connectivity index (χ4n) is 8.42. The van der Waals surface area contributed by atoms with Crippen LogP contribution < -0.4 is 0 Å². The van der Waals surface area contributed by atoms with Gasteiger partial charge in [-0.3, -0.25) is 4.79 Å². The highest BCUT2D eigenvalue weighted by molar-refractivity contribution is 5.75. The van der Waals surface area contributed by atoms with Gasteiger partial charge in [0.25, 0.3) is 0 Å². The van der Waals surface area contributed by atoms with Crippen molar-refractivity contribution in [3.8, 4) is 0 Å². The van der Waals surface area contributed by atoms with Crippen molar-refractivity contribution in [1.29, 1.82) is 0 Å². The number of hydrogen-bond donors (Lipinski definition) is 2. The third-order valence-corrected chi connectivity index (χ3v) is 10.4. The molecule has 4 fully saturated rings. The van der Waals surface area contributed by atoms with Gasteiger partial charge in [0.05, 0.1) is 17.1 Å². The lowest BCUT2D eigenvalue weighted by Crippen LogP contribution is -2.63. The zero-order chi connectivity index (χ0) is 22.1. The van der Waals surface area contributed by atoms with Gasteiger partial charge in [0.1, 0.15) is 6.10 Å². The molecule has 4 aliphatic rings. The molecule has 172 valence electrons. The molecule has 0 aromatic heterocycles. The van der Waals surface area contributed by atoms with Crippen molar-refractivity contribution in [2.24, 2.45) is 39.9 Å². The molecule has 9 atom stereocenters. The number of aliphatic hydroxyl groups excluding tert-OH is 1. The average Bonchev–Trinajstić information content (AvgIpc) is 2.93. The number of hydrogen-bond acceptors (Lipinski definition) is 4. The second kappa shape index (κ2) is 7.20. The Balaban J connectivity index is 1.57. The molecule has 0 aromatic carbocycles. The molecule has 0 heterocycles. The molecule has 2 N–H and O–H groups in total. The molecular formula is C26H44O4. The van der Waals surface area contributed by atoms with Crippen molar-refractivity contribution >= 4 is 5.97 Å². The Morgan fingerprint density at radius 2 is 1.70 bits per heavy atom. The van der Waals surface area contributed by atoms with Crippen molar-refractivity contribution < 1.29 is 19.7 Å². The van der Waals surface area contributed by atoms with Gasteiger partial charge in [0.2, 0.25) is 0 Å². The smallest absolute Gasteiger partial charge is 0.311 e. The molecule has 4 heteroatoms. The molecule has 0 unspecified atom stereocenters. The van der Waals surface area contributed by atoms with E-state index in [9.17, 15) is 15.0 Å². The highest BCUT2D eigenvalue weighted by Crippen LogP contribution is 2.69. The van der Waals surface area contributed by atoms with E-state index in [2.05, 4.69) is 13.8 Å². The maximum Gasteiger partial charge on any atom is 0.311 e. The van der Waals surface area contributed by atoms with Gasteiger partial charge in [-0.1, -0.05) is 13.8 Å². The predicted molar refractivity (Wildman–Crippen MR) is 118 cm³/mol. The largest absolute Gasteiger partial charge is 0.462 e. The lowest BCUT2D eigenvalue weighted by molar-refractivity contribution is -0.217. The summed E-state index contributed by atoms with van der Waals surface area (Å²) in [5.41, 5.74) is -1.10. The monoisotopic (exact) mass is 420 g/mol. The molecule has 0 spiro atoms. The minimum Gasteiger partial charge on any atom is -0.462 e. The summed E-state index contributed by atoms with van der Waals surface area (Å²) in [6.45, 7) is 12.5. The second-order valence-corrected chi connectivity index (χ2v) is 12.8. The van der Waals surface area contributed by atoms with E-state index in [0.29, 0.717) is 17.8 Å². The van der Waals surface area contributed by atoms with Crippen LogP contribution in [0.1, 0.15) is 99.3 Å². The summed E-state index contributed by atoms with van der Waals surface area (Å²) in [4.78, 5) is 12.5. The van der Waals surface area contributed by atoms with E-state index in [1.807, 2.05) is 27.7 Å². The summed E-state index contributed by atoms with van der Waals surface area (Å²) in [5.74, 6) is 1.56. The first-order chi connectivity index (χ1) is 13.8. The molecule has 0 aliphatic heterocycles. The molecule has 0 aromatic rings. The maximum absolute atomic E-state index is 12.5. The topological polar surface area (TPSA) is 66.8 Å². The molecular weight excluding hydrogens is 376 g/mol.